The summed E-state index contributed by atoms with van der Waals surface area (Å²) in [5.41, 5.74) is 4.41. The maximum absolute atomic E-state index is 13.8. The summed E-state index contributed by atoms with van der Waals surface area (Å²) in [7, 11) is 0. The molecule has 3 atom stereocenters. The van der Waals surface area contributed by atoms with Crippen LogP contribution in [0.25, 0.3) is 11.3 Å². The molecular formula is C24H23FN4O. The molecule has 0 N–H and O–H groups in total. The Morgan fingerprint density at radius 1 is 1.07 bits per heavy atom. The van der Waals surface area contributed by atoms with Crippen LogP contribution in [0.1, 0.15) is 48.8 Å². The van der Waals surface area contributed by atoms with Crippen molar-refractivity contribution in [2.24, 2.45) is 11.8 Å². The van der Waals surface area contributed by atoms with Crippen LogP contribution in [0.2, 0.25) is 0 Å². The van der Waals surface area contributed by atoms with Gasteiger partial charge in [-0.2, -0.15) is 0 Å². The van der Waals surface area contributed by atoms with Crippen molar-refractivity contribution in [2.75, 3.05) is 0 Å². The van der Waals surface area contributed by atoms with Crippen LogP contribution < -0.4 is 0 Å². The van der Waals surface area contributed by atoms with Gasteiger partial charge in [0.1, 0.15) is 23.8 Å². The fourth-order valence-electron chi connectivity index (χ4n) is 5.58. The van der Waals surface area contributed by atoms with Crippen molar-refractivity contribution in [3.05, 3.63) is 71.4 Å². The highest BCUT2D eigenvalue weighted by Crippen LogP contribution is 2.55. The van der Waals surface area contributed by atoms with Crippen molar-refractivity contribution in [3.63, 3.8) is 0 Å². The Labute approximate surface area is 174 Å². The molecule has 2 heterocycles. The van der Waals surface area contributed by atoms with E-state index in [0.29, 0.717) is 24.4 Å². The van der Waals surface area contributed by atoms with Gasteiger partial charge in [-0.3, -0.25) is 4.79 Å². The van der Waals surface area contributed by atoms with Crippen molar-refractivity contribution >= 4 is 5.78 Å². The summed E-state index contributed by atoms with van der Waals surface area (Å²) >= 11 is 0. The van der Waals surface area contributed by atoms with Crippen LogP contribution in [0.5, 0.6) is 0 Å². The van der Waals surface area contributed by atoms with Crippen molar-refractivity contribution < 1.29 is 9.18 Å². The quantitative estimate of drug-likeness (QED) is 0.642. The second-order valence-electron chi connectivity index (χ2n) is 8.45. The Hall–Kier alpha value is -3.02. The Bertz CT molecular complexity index is 1120. The number of fused-ring (bicyclic) bond motifs is 3. The molecule has 2 aliphatic carbocycles. The predicted molar refractivity (Wildman–Crippen MR) is 110 cm³/mol. The average molecular weight is 402 g/mol. The van der Waals surface area contributed by atoms with Gasteiger partial charge in [-0.25, -0.2) is 24.3 Å². The number of halogens is 1. The molecule has 2 aliphatic rings. The van der Waals surface area contributed by atoms with Crippen LogP contribution >= 0.6 is 0 Å². The highest BCUT2D eigenvalue weighted by molar-refractivity contribution is 5.83. The van der Waals surface area contributed by atoms with Crippen molar-refractivity contribution in [1.82, 2.24) is 19.9 Å². The van der Waals surface area contributed by atoms with Gasteiger partial charge in [0.15, 0.2) is 0 Å². The second kappa shape index (κ2) is 7.04. The smallest absolute Gasteiger partial charge is 0.136 e. The molecule has 1 fully saturated rings. The molecule has 3 aromatic rings. The van der Waals surface area contributed by atoms with Crippen LogP contribution in [-0.4, -0.2) is 25.7 Å². The number of nitrogens with zero attached hydrogens (tertiary/aromatic N) is 4. The van der Waals surface area contributed by atoms with Crippen LogP contribution in [0, 0.1) is 24.6 Å². The molecule has 2 aromatic heterocycles. The average Bonchev–Trinajstić information content (AvgIpc) is 2.77. The highest BCUT2D eigenvalue weighted by atomic mass is 19.1. The van der Waals surface area contributed by atoms with E-state index >= 15 is 0 Å². The minimum absolute atomic E-state index is 0.0595. The van der Waals surface area contributed by atoms with Gasteiger partial charge < -0.3 is 0 Å². The Morgan fingerprint density at radius 2 is 1.80 bits per heavy atom. The molecule has 0 unspecified atom stereocenters. The molecule has 6 heteroatoms. The number of carbonyl (C=O) groups is 1. The number of carbonyl (C=O) groups excluding carboxylic acids is 1. The van der Waals surface area contributed by atoms with Crippen molar-refractivity contribution in [2.45, 2.75) is 44.9 Å². The largest absolute Gasteiger partial charge is 0.299 e. The first-order valence-electron chi connectivity index (χ1n) is 10.4. The van der Waals surface area contributed by atoms with Crippen LogP contribution in [0.15, 0.2) is 43.0 Å². The summed E-state index contributed by atoms with van der Waals surface area (Å²) in [6.45, 7) is 3.93. The van der Waals surface area contributed by atoms with Crippen LogP contribution in [0.3, 0.4) is 0 Å². The van der Waals surface area contributed by atoms with Crippen LogP contribution in [0.4, 0.5) is 4.39 Å². The zero-order valence-corrected chi connectivity index (χ0v) is 17.1. The molecular weight excluding hydrogens is 379 g/mol. The molecule has 1 saturated carbocycles. The molecule has 152 valence electrons. The lowest BCUT2D eigenvalue weighted by Gasteiger charge is -2.50. The fourth-order valence-corrected chi connectivity index (χ4v) is 5.58. The fraction of sp³-hybridized carbons (Fsp3) is 0.375. The van der Waals surface area contributed by atoms with E-state index in [1.165, 1.54) is 18.5 Å². The van der Waals surface area contributed by atoms with E-state index in [9.17, 15) is 9.18 Å². The Morgan fingerprint density at radius 3 is 2.53 bits per heavy atom. The number of Topliss-reactive ketones (excluding diaryl/α,β-unsaturated/α-hetero) is 1. The lowest BCUT2D eigenvalue weighted by molar-refractivity contribution is -0.128. The van der Waals surface area contributed by atoms with Crippen molar-refractivity contribution in [3.8, 4) is 11.3 Å². The van der Waals surface area contributed by atoms with Gasteiger partial charge in [-0.1, -0.05) is 19.1 Å². The normalized spacial score (nSPS) is 25.5. The van der Waals surface area contributed by atoms with Gasteiger partial charge in [0.05, 0.1) is 11.4 Å². The van der Waals surface area contributed by atoms with E-state index in [1.54, 1.807) is 12.4 Å². The van der Waals surface area contributed by atoms with Gasteiger partial charge in [0.25, 0.3) is 0 Å². The summed E-state index contributed by atoms with van der Waals surface area (Å²) in [6, 6.07) is 6.75. The summed E-state index contributed by atoms with van der Waals surface area (Å²) in [4.78, 5) is 30.7. The van der Waals surface area contributed by atoms with Gasteiger partial charge >= 0.3 is 0 Å². The molecule has 30 heavy (non-hydrogen) atoms. The first-order valence-corrected chi connectivity index (χ1v) is 10.4. The number of aromatic nitrogens is 4. The summed E-state index contributed by atoms with van der Waals surface area (Å²) in [5.74, 6) is 0.799. The van der Waals surface area contributed by atoms with Crippen molar-refractivity contribution in [1.29, 1.82) is 0 Å². The lowest BCUT2D eigenvalue weighted by atomic mass is 9.52. The number of ketones is 1. The van der Waals surface area contributed by atoms with E-state index in [-0.39, 0.29) is 17.7 Å². The minimum atomic E-state index is -0.424. The van der Waals surface area contributed by atoms with E-state index in [1.807, 2.05) is 26.0 Å². The molecule has 0 bridgehead atoms. The molecule has 0 radical (unpaired) electrons. The monoisotopic (exact) mass is 402 g/mol. The number of hydrogen-bond acceptors (Lipinski definition) is 5. The van der Waals surface area contributed by atoms with Crippen LogP contribution in [-0.2, 0) is 16.6 Å². The maximum Gasteiger partial charge on any atom is 0.136 e. The zero-order valence-electron chi connectivity index (χ0n) is 17.1. The van der Waals surface area contributed by atoms with E-state index in [0.717, 1.165) is 40.9 Å². The van der Waals surface area contributed by atoms with Gasteiger partial charge in [-0.05, 0) is 49.8 Å². The number of benzene rings is 1. The topological polar surface area (TPSA) is 68.6 Å². The molecule has 1 aromatic carbocycles. The van der Waals surface area contributed by atoms with Gasteiger partial charge in [0.2, 0.25) is 0 Å². The van der Waals surface area contributed by atoms with Gasteiger partial charge in [-0.15, -0.1) is 0 Å². The maximum atomic E-state index is 13.8. The predicted octanol–water partition coefficient (Wildman–Crippen LogP) is 4.23. The molecule has 0 saturated heterocycles. The number of rotatable bonds is 2. The third-order valence-corrected chi connectivity index (χ3v) is 6.95. The molecule has 5 nitrogen and oxygen atoms in total. The highest BCUT2D eigenvalue weighted by Gasteiger charge is 2.53. The summed E-state index contributed by atoms with van der Waals surface area (Å²) < 4.78 is 13.8. The van der Waals surface area contributed by atoms with E-state index < -0.39 is 5.41 Å². The SMILES string of the molecule is Cc1nc(-c2cncnc2)c2c(n1)[C@@]1(c3ccc(F)cc3)CCC(=O)[C@@H](C)[C@@H]1CC2. The molecule has 0 amide bonds. The molecule has 0 aliphatic heterocycles. The summed E-state index contributed by atoms with van der Waals surface area (Å²) in [5, 5.41) is 0. The Kier molecular flexibility index (Phi) is 4.45. The third kappa shape index (κ3) is 2.77. The third-order valence-electron chi connectivity index (χ3n) is 6.95. The number of aryl methyl sites for hydroxylation is 1. The van der Waals surface area contributed by atoms with E-state index in [2.05, 4.69) is 9.97 Å². The van der Waals surface area contributed by atoms with Gasteiger partial charge in [0, 0.05) is 41.3 Å². The lowest BCUT2D eigenvalue weighted by Crippen LogP contribution is -2.50. The van der Waals surface area contributed by atoms with E-state index in [4.69, 9.17) is 9.97 Å². The first kappa shape index (κ1) is 19.0. The minimum Gasteiger partial charge on any atom is -0.299 e. The molecule has 5 rings (SSSR count). The molecule has 0 spiro atoms. The standard InChI is InChI=1S/C24H23FN4O/c1-14-20-8-7-19-22(16-11-26-13-27-12-16)28-15(2)29-23(19)24(20,10-9-21(14)30)17-3-5-18(25)6-4-17/h3-6,11-14,20H,7-10H2,1-2H3/t14-,20-,24+/m0/s1. The number of hydrogen-bond donors (Lipinski definition) is 0. The Balaban J connectivity index is 1.80. The second-order valence-corrected chi connectivity index (χ2v) is 8.45. The summed E-state index contributed by atoms with van der Waals surface area (Å²) in [6.07, 6.45) is 7.91. The zero-order chi connectivity index (χ0) is 20.9. The first-order chi connectivity index (χ1) is 14.5.